The molecule has 2 N–H and O–H groups in total. The molecule has 0 unspecified atom stereocenters. The van der Waals surface area contributed by atoms with Gasteiger partial charge in [-0.1, -0.05) is 26.0 Å². The summed E-state index contributed by atoms with van der Waals surface area (Å²) >= 11 is 0. The van der Waals surface area contributed by atoms with Crippen molar-refractivity contribution in [1.29, 1.82) is 0 Å². The third kappa shape index (κ3) is 2.69. The van der Waals surface area contributed by atoms with E-state index in [0.29, 0.717) is 17.1 Å². The molecule has 20 heavy (non-hydrogen) atoms. The fraction of sp³-hybridized carbons (Fsp3) is 0.438. The Hall–Kier alpha value is -1.84. The zero-order valence-corrected chi connectivity index (χ0v) is 12.4. The predicted molar refractivity (Wildman–Crippen MR) is 81.1 cm³/mol. The van der Waals surface area contributed by atoms with Gasteiger partial charge in [0.1, 0.15) is 23.2 Å². The summed E-state index contributed by atoms with van der Waals surface area (Å²) in [7, 11) is 0. The van der Waals surface area contributed by atoms with Crippen LogP contribution < -0.4 is 5.73 Å². The lowest BCUT2D eigenvalue weighted by molar-refractivity contribution is 0.619. The van der Waals surface area contributed by atoms with Crippen molar-refractivity contribution in [3.63, 3.8) is 0 Å². The van der Waals surface area contributed by atoms with Crippen molar-refractivity contribution in [3.05, 3.63) is 35.4 Å². The average Bonchev–Trinajstić information content (AvgIpc) is 2.72. The summed E-state index contributed by atoms with van der Waals surface area (Å²) in [4.78, 5) is 4.63. The van der Waals surface area contributed by atoms with Crippen LogP contribution in [0.15, 0.2) is 18.2 Å². The van der Waals surface area contributed by atoms with Gasteiger partial charge in [-0.15, -0.1) is 0 Å². The van der Waals surface area contributed by atoms with Crippen molar-refractivity contribution in [2.45, 2.75) is 46.6 Å². The topological polar surface area (TPSA) is 43.8 Å². The van der Waals surface area contributed by atoms with E-state index in [1.807, 2.05) is 6.07 Å². The second-order valence-electron chi connectivity index (χ2n) is 5.13. The van der Waals surface area contributed by atoms with Crippen LogP contribution >= 0.6 is 0 Å². The molecule has 0 saturated heterocycles. The van der Waals surface area contributed by atoms with E-state index in [0.717, 1.165) is 37.2 Å². The van der Waals surface area contributed by atoms with Gasteiger partial charge in [0.05, 0.1) is 0 Å². The van der Waals surface area contributed by atoms with Gasteiger partial charge in [0, 0.05) is 18.5 Å². The van der Waals surface area contributed by atoms with Crippen LogP contribution in [0.5, 0.6) is 0 Å². The van der Waals surface area contributed by atoms with Gasteiger partial charge >= 0.3 is 0 Å². The lowest BCUT2D eigenvalue weighted by atomic mass is 10.1. The summed E-state index contributed by atoms with van der Waals surface area (Å²) in [5.41, 5.74) is 8.30. The van der Waals surface area contributed by atoms with E-state index in [-0.39, 0.29) is 5.82 Å². The Balaban J connectivity index is 2.50. The zero-order valence-electron chi connectivity index (χ0n) is 12.4. The van der Waals surface area contributed by atoms with Gasteiger partial charge < -0.3 is 10.3 Å². The number of hydrogen-bond donors (Lipinski definition) is 1. The Morgan fingerprint density at radius 3 is 2.60 bits per heavy atom. The molecular weight excluding hydrogens is 253 g/mol. The molecule has 108 valence electrons. The maximum Gasteiger partial charge on any atom is 0.131 e. The van der Waals surface area contributed by atoms with Crippen LogP contribution in [-0.4, -0.2) is 9.55 Å². The monoisotopic (exact) mass is 275 g/mol. The second kappa shape index (κ2) is 6.07. The summed E-state index contributed by atoms with van der Waals surface area (Å²) in [5.74, 6) is 1.41. The van der Waals surface area contributed by atoms with E-state index in [2.05, 4.69) is 23.4 Å². The first-order valence-electron chi connectivity index (χ1n) is 7.19. The number of rotatable bonds is 5. The number of hydrogen-bond acceptors (Lipinski definition) is 2. The molecule has 0 saturated carbocycles. The van der Waals surface area contributed by atoms with E-state index >= 15 is 0 Å². The summed E-state index contributed by atoms with van der Waals surface area (Å²) < 4.78 is 15.8. The number of nitrogens with zero attached hydrogens (tertiary/aromatic N) is 2. The molecule has 0 radical (unpaired) electrons. The summed E-state index contributed by atoms with van der Waals surface area (Å²) in [5, 5.41) is 0. The molecule has 0 aliphatic carbocycles. The lowest BCUT2D eigenvalue weighted by Crippen LogP contribution is -2.06. The molecule has 2 aromatic rings. The third-order valence-electron chi connectivity index (χ3n) is 3.45. The lowest BCUT2D eigenvalue weighted by Gasteiger charge is -2.07. The van der Waals surface area contributed by atoms with E-state index < -0.39 is 0 Å². The third-order valence-corrected chi connectivity index (χ3v) is 3.45. The normalized spacial score (nSPS) is 11.0. The molecule has 0 spiro atoms. The van der Waals surface area contributed by atoms with Crippen LogP contribution in [0, 0.1) is 12.7 Å². The van der Waals surface area contributed by atoms with Gasteiger partial charge in [0.15, 0.2) is 0 Å². The number of anilines is 1. The zero-order chi connectivity index (χ0) is 14.7. The molecule has 0 aliphatic rings. The largest absolute Gasteiger partial charge is 0.383 e. The fourth-order valence-electron chi connectivity index (χ4n) is 2.35. The van der Waals surface area contributed by atoms with Crippen molar-refractivity contribution in [3.8, 4) is 11.3 Å². The summed E-state index contributed by atoms with van der Waals surface area (Å²) in [6.45, 7) is 6.83. The molecule has 1 heterocycles. The molecule has 1 aromatic heterocycles. The van der Waals surface area contributed by atoms with Crippen molar-refractivity contribution < 1.29 is 4.39 Å². The number of benzene rings is 1. The minimum Gasteiger partial charge on any atom is -0.383 e. The summed E-state index contributed by atoms with van der Waals surface area (Å²) in [6, 6.07) is 5.16. The van der Waals surface area contributed by atoms with E-state index in [4.69, 9.17) is 5.73 Å². The fourth-order valence-corrected chi connectivity index (χ4v) is 2.35. The number of nitrogen functional groups attached to an aromatic ring is 1. The molecule has 0 amide bonds. The van der Waals surface area contributed by atoms with E-state index in [1.165, 1.54) is 6.07 Å². The number of halogens is 1. The van der Waals surface area contributed by atoms with E-state index in [9.17, 15) is 4.39 Å². The maximum atomic E-state index is 13.7. The maximum absolute atomic E-state index is 13.7. The Morgan fingerprint density at radius 1 is 1.25 bits per heavy atom. The van der Waals surface area contributed by atoms with Crippen molar-refractivity contribution in [2.24, 2.45) is 0 Å². The molecular formula is C16H22FN3. The molecule has 1 aromatic carbocycles. The molecule has 0 fully saturated rings. The Bertz CT molecular complexity index is 602. The Morgan fingerprint density at radius 2 is 2.00 bits per heavy atom. The van der Waals surface area contributed by atoms with Gasteiger partial charge in [-0.2, -0.15) is 0 Å². The van der Waals surface area contributed by atoms with Crippen LogP contribution in [0.4, 0.5) is 10.2 Å². The number of nitrogens with two attached hydrogens (primary N) is 1. The van der Waals surface area contributed by atoms with Crippen molar-refractivity contribution >= 4 is 5.82 Å². The standard InChI is InChI=1S/C16H22FN3/c1-4-6-14-19-15(16(18)20(14)9-5-2)12-8-7-11(3)13(17)10-12/h7-8,10H,4-6,9,18H2,1-3H3. The second-order valence-corrected chi connectivity index (χ2v) is 5.13. The quantitative estimate of drug-likeness (QED) is 0.898. The minimum absolute atomic E-state index is 0.219. The predicted octanol–water partition coefficient (Wildman–Crippen LogP) is 3.94. The van der Waals surface area contributed by atoms with Crippen LogP contribution in [-0.2, 0) is 13.0 Å². The van der Waals surface area contributed by atoms with Crippen LogP contribution in [0.1, 0.15) is 38.1 Å². The average molecular weight is 275 g/mol. The summed E-state index contributed by atoms with van der Waals surface area (Å²) in [6.07, 6.45) is 2.90. The molecule has 2 rings (SSSR count). The van der Waals surface area contributed by atoms with Crippen LogP contribution in [0.2, 0.25) is 0 Å². The van der Waals surface area contributed by atoms with Crippen molar-refractivity contribution in [2.75, 3.05) is 5.73 Å². The molecule has 0 aliphatic heterocycles. The molecule has 3 nitrogen and oxygen atoms in total. The van der Waals surface area contributed by atoms with Crippen molar-refractivity contribution in [1.82, 2.24) is 9.55 Å². The van der Waals surface area contributed by atoms with Crippen LogP contribution in [0.3, 0.4) is 0 Å². The number of aryl methyl sites for hydroxylation is 2. The number of imidazole rings is 1. The Kier molecular flexibility index (Phi) is 4.42. The molecule has 0 atom stereocenters. The molecule has 0 bridgehead atoms. The van der Waals surface area contributed by atoms with Gasteiger partial charge in [0.2, 0.25) is 0 Å². The first-order valence-corrected chi connectivity index (χ1v) is 7.19. The minimum atomic E-state index is -0.219. The Labute approximate surface area is 119 Å². The van der Waals surface area contributed by atoms with Gasteiger partial charge in [-0.25, -0.2) is 9.37 Å². The van der Waals surface area contributed by atoms with Gasteiger partial charge in [0.25, 0.3) is 0 Å². The molecule has 4 heteroatoms. The first-order chi connectivity index (χ1) is 9.58. The highest BCUT2D eigenvalue weighted by Gasteiger charge is 2.16. The van der Waals surface area contributed by atoms with E-state index in [1.54, 1.807) is 13.0 Å². The highest BCUT2D eigenvalue weighted by atomic mass is 19.1. The highest BCUT2D eigenvalue weighted by Crippen LogP contribution is 2.28. The first kappa shape index (κ1) is 14.6. The SMILES string of the molecule is CCCc1nc(-c2ccc(C)c(F)c2)c(N)n1CCC. The van der Waals surface area contributed by atoms with Gasteiger partial charge in [-0.05, 0) is 31.4 Å². The van der Waals surface area contributed by atoms with Crippen LogP contribution in [0.25, 0.3) is 11.3 Å². The van der Waals surface area contributed by atoms with Gasteiger partial charge in [-0.3, -0.25) is 0 Å². The highest BCUT2D eigenvalue weighted by molar-refractivity contribution is 5.71. The number of aromatic nitrogens is 2. The smallest absolute Gasteiger partial charge is 0.131 e.